The van der Waals surface area contributed by atoms with Gasteiger partial charge < -0.3 is 14.0 Å². The first-order valence-electron chi connectivity index (χ1n) is 12.6. The Balaban J connectivity index is 0.000000937. The minimum atomic E-state index is -0.394. The number of rotatable bonds is 5. The zero-order valence-corrected chi connectivity index (χ0v) is 21.2. The summed E-state index contributed by atoms with van der Waals surface area (Å²) >= 11 is 0. The molecule has 0 unspecified atom stereocenters. The monoisotopic (exact) mass is 511 g/mol. The lowest BCUT2D eigenvalue weighted by atomic mass is 9.91. The highest BCUT2D eigenvalue weighted by molar-refractivity contribution is 5.90. The van der Waals surface area contributed by atoms with E-state index in [0.29, 0.717) is 6.54 Å². The summed E-state index contributed by atoms with van der Waals surface area (Å²) < 4.78 is 13.7. The third kappa shape index (κ3) is 5.05. The average Bonchev–Trinajstić information content (AvgIpc) is 3.48. The molecule has 6 rings (SSSR count). The number of hydrogen-bond donors (Lipinski definition) is 0. The van der Waals surface area contributed by atoms with Crippen molar-refractivity contribution in [3.63, 3.8) is 0 Å². The summed E-state index contributed by atoms with van der Waals surface area (Å²) in [5.41, 5.74) is 4.07. The molecule has 0 saturated carbocycles. The minimum Gasteiger partial charge on any atom is -0.497 e. The average molecular weight is 512 g/mol. The molecule has 2 aliphatic heterocycles. The maximum atomic E-state index is 12.6. The van der Waals surface area contributed by atoms with Crippen LogP contribution in [0, 0.1) is 0 Å². The van der Waals surface area contributed by atoms with Crippen molar-refractivity contribution < 1.29 is 23.9 Å². The van der Waals surface area contributed by atoms with Crippen LogP contribution in [-0.2, 0) is 20.9 Å². The largest absolute Gasteiger partial charge is 0.497 e. The van der Waals surface area contributed by atoms with E-state index in [4.69, 9.17) is 19.1 Å². The molecule has 194 valence electrons. The third-order valence-corrected chi connectivity index (χ3v) is 7.33. The first-order chi connectivity index (χ1) is 18.6. The molecule has 38 heavy (non-hydrogen) atoms. The van der Waals surface area contributed by atoms with E-state index < -0.39 is 5.60 Å². The lowest BCUT2D eigenvalue weighted by molar-refractivity contribution is -0.191. The van der Waals surface area contributed by atoms with E-state index in [-0.39, 0.29) is 12.2 Å². The number of anilines is 1. The summed E-state index contributed by atoms with van der Waals surface area (Å²) in [5, 5.41) is 1.23. The topological polar surface area (TPSA) is 81.1 Å². The first kappa shape index (κ1) is 25.3. The van der Waals surface area contributed by atoms with Crippen molar-refractivity contribution in [3.8, 4) is 11.4 Å². The van der Waals surface area contributed by atoms with Gasteiger partial charge in [-0.15, -0.1) is 0 Å². The molecular formula is C30H29N3O5. The van der Waals surface area contributed by atoms with E-state index in [1.54, 1.807) is 12.0 Å². The Morgan fingerprint density at radius 3 is 2.18 bits per heavy atom. The summed E-state index contributed by atoms with van der Waals surface area (Å²) in [7, 11) is 1.70. The van der Waals surface area contributed by atoms with Crippen LogP contribution in [0.5, 0.6) is 5.75 Å². The second-order valence-electron chi connectivity index (χ2n) is 9.58. The van der Waals surface area contributed by atoms with Gasteiger partial charge >= 0.3 is 12.2 Å². The van der Waals surface area contributed by atoms with Crippen molar-refractivity contribution in [1.29, 1.82) is 0 Å². The van der Waals surface area contributed by atoms with Crippen LogP contribution in [0.3, 0.4) is 0 Å². The number of carbonyl (C=O) groups excluding carboxylic acids is 3. The quantitative estimate of drug-likeness (QED) is 0.373. The fourth-order valence-electron chi connectivity index (χ4n) is 5.38. The predicted molar refractivity (Wildman–Crippen MR) is 142 cm³/mol. The number of ether oxygens (including phenoxy) is 2. The fourth-order valence-corrected chi connectivity index (χ4v) is 5.38. The molecule has 0 N–H and O–H groups in total. The number of benzene rings is 3. The van der Waals surface area contributed by atoms with Gasteiger partial charge in [0.25, 0.3) is 0 Å². The van der Waals surface area contributed by atoms with Crippen LogP contribution >= 0.6 is 0 Å². The van der Waals surface area contributed by atoms with Crippen LogP contribution in [0.2, 0.25) is 0 Å². The highest BCUT2D eigenvalue weighted by Crippen LogP contribution is 2.37. The Kier molecular flexibility index (Phi) is 7.26. The SMILES string of the molecule is COc1ccc2c(CN3CCC4(CC3)CN(c3ccccc3)C(=O)O4)cn(-c3ccccc3)c2c1.O=C=O. The maximum Gasteiger partial charge on any atom is 0.415 e. The zero-order valence-electron chi connectivity index (χ0n) is 21.2. The molecule has 1 aromatic heterocycles. The van der Waals surface area contributed by atoms with Crippen LogP contribution in [0.4, 0.5) is 10.5 Å². The van der Waals surface area contributed by atoms with Gasteiger partial charge in [-0.2, -0.15) is 9.59 Å². The number of nitrogens with zero attached hydrogens (tertiary/aromatic N) is 3. The molecule has 2 aliphatic rings. The lowest BCUT2D eigenvalue weighted by Crippen LogP contribution is -2.46. The van der Waals surface area contributed by atoms with Gasteiger partial charge in [0, 0.05) is 61.5 Å². The molecule has 8 heteroatoms. The molecule has 0 atom stereocenters. The minimum absolute atomic E-state index is 0.232. The highest BCUT2D eigenvalue weighted by atomic mass is 16.6. The number of aromatic nitrogens is 1. The first-order valence-corrected chi connectivity index (χ1v) is 12.6. The number of carbonyl (C=O) groups is 1. The molecule has 0 aliphatic carbocycles. The zero-order chi connectivity index (χ0) is 26.5. The molecule has 4 aromatic rings. The van der Waals surface area contributed by atoms with Crippen LogP contribution < -0.4 is 9.64 Å². The molecule has 0 radical (unpaired) electrons. The Hall–Kier alpha value is -4.39. The smallest absolute Gasteiger partial charge is 0.415 e. The summed E-state index contributed by atoms with van der Waals surface area (Å²) in [6.07, 6.45) is 3.95. The van der Waals surface area contributed by atoms with E-state index in [0.717, 1.165) is 55.1 Å². The van der Waals surface area contributed by atoms with Crippen molar-refractivity contribution in [2.45, 2.75) is 25.0 Å². The van der Waals surface area contributed by atoms with Crippen LogP contribution in [-0.4, -0.2) is 54.1 Å². The van der Waals surface area contributed by atoms with Crippen molar-refractivity contribution >= 4 is 28.8 Å². The number of hydrogen-bond acceptors (Lipinski definition) is 6. The van der Waals surface area contributed by atoms with Crippen LogP contribution in [0.1, 0.15) is 18.4 Å². The van der Waals surface area contributed by atoms with Crippen molar-refractivity contribution in [2.75, 3.05) is 31.6 Å². The number of piperidine rings is 1. The van der Waals surface area contributed by atoms with Gasteiger partial charge in [-0.05, 0) is 42.0 Å². The van der Waals surface area contributed by atoms with Gasteiger partial charge in [0.15, 0.2) is 0 Å². The normalized spacial score (nSPS) is 16.6. The van der Waals surface area contributed by atoms with E-state index in [1.165, 1.54) is 10.9 Å². The lowest BCUT2D eigenvalue weighted by Gasteiger charge is -2.37. The van der Waals surface area contributed by atoms with E-state index in [9.17, 15) is 4.79 Å². The molecule has 2 saturated heterocycles. The van der Waals surface area contributed by atoms with Gasteiger partial charge in [-0.3, -0.25) is 9.80 Å². The van der Waals surface area contributed by atoms with Crippen LogP contribution in [0.15, 0.2) is 85.1 Å². The van der Waals surface area contributed by atoms with E-state index in [1.807, 2.05) is 42.5 Å². The van der Waals surface area contributed by atoms with Crippen molar-refractivity contribution in [2.24, 2.45) is 0 Å². The third-order valence-electron chi connectivity index (χ3n) is 7.33. The maximum absolute atomic E-state index is 12.6. The molecule has 3 aromatic carbocycles. The van der Waals surface area contributed by atoms with Gasteiger partial charge in [-0.25, -0.2) is 4.79 Å². The Bertz CT molecular complexity index is 1440. The second-order valence-corrected chi connectivity index (χ2v) is 9.58. The number of amides is 1. The number of likely N-dealkylation sites (tertiary alicyclic amines) is 1. The van der Waals surface area contributed by atoms with Crippen molar-refractivity contribution in [3.05, 3.63) is 90.6 Å². The molecule has 8 nitrogen and oxygen atoms in total. The molecular weight excluding hydrogens is 482 g/mol. The molecule has 1 amide bonds. The molecule has 0 bridgehead atoms. The Labute approximate surface area is 221 Å². The number of methoxy groups -OCH3 is 1. The second kappa shape index (κ2) is 10.9. The van der Waals surface area contributed by atoms with Gasteiger partial charge in [0.05, 0.1) is 19.2 Å². The predicted octanol–water partition coefficient (Wildman–Crippen LogP) is 5.05. The standard InChI is InChI=1S/C29H29N3O3.CO2/c1-34-25-12-13-26-22(20-31(27(26)18-25)23-8-4-2-5-9-23)19-30-16-14-29(15-17-30)21-32(28(33)35-29)24-10-6-3-7-11-24;2-1-3/h2-13,18,20H,14-17,19,21H2,1H3;. The Morgan fingerprint density at radius 2 is 1.55 bits per heavy atom. The molecule has 1 spiro atoms. The summed E-state index contributed by atoms with van der Waals surface area (Å²) in [6.45, 7) is 3.26. The highest BCUT2D eigenvalue weighted by Gasteiger charge is 2.47. The summed E-state index contributed by atoms with van der Waals surface area (Å²) in [6, 6.07) is 26.5. The number of fused-ring (bicyclic) bond motifs is 1. The van der Waals surface area contributed by atoms with Crippen LogP contribution in [0.25, 0.3) is 16.6 Å². The number of para-hydroxylation sites is 2. The van der Waals surface area contributed by atoms with Gasteiger partial charge in [0.2, 0.25) is 0 Å². The van der Waals surface area contributed by atoms with Gasteiger partial charge in [-0.1, -0.05) is 36.4 Å². The van der Waals surface area contributed by atoms with Crippen molar-refractivity contribution in [1.82, 2.24) is 9.47 Å². The fraction of sp³-hybridized carbons (Fsp3) is 0.267. The van der Waals surface area contributed by atoms with Gasteiger partial charge in [0.1, 0.15) is 11.4 Å². The molecule has 2 fully saturated rings. The summed E-state index contributed by atoms with van der Waals surface area (Å²) in [4.78, 5) is 33.1. The summed E-state index contributed by atoms with van der Waals surface area (Å²) in [5.74, 6) is 0.852. The Morgan fingerprint density at radius 1 is 0.921 bits per heavy atom. The molecule has 3 heterocycles. The van der Waals surface area contributed by atoms with E-state index in [2.05, 4.69) is 52.1 Å². The van der Waals surface area contributed by atoms with E-state index >= 15 is 0 Å².